The molecule has 1 N–H and O–H groups in total. The van der Waals surface area contributed by atoms with E-state index in [0.29, 0.717) is 5.92 Å². The number of rotatable bonds is 3. The zero-order valence-corrected chi connectivity index (χ0v) is 8.92. The molecule has 0 saturated heterocycles. The molecule has 1 saturated carbocycles. The first kappa shape index (κ1) is 10.8. The quantitative estimate of drug-likeness (QED) is 0.665. The second-order valence-corrected chi connectivity index (χ2v) is 4.43. The van der Waals surface area contributed by atoms with Gasteiger partial charge in [-0.25, -0.2) is 0 Å². The summed E-state index contributed by atoms with van der Waals surface area (Å²) in [4.78, 5) is 0. The van der Waals surface area contributed by atoms with E-state index in [1.807, 2.05) is 6.92 Å². The summed E-state index contributed by atoms with van der Waals surface area (Å²) in [5.74, 6) is 1.53. The van der Waals surface area contributed by atoms with Gasteiger partial charge in [-0.05, 0) is 31.6 Å². The molecule has 0 bridgehead atoms. The van der Waals surface area contributed by atoms with Gasteiger partial charge in [0, 0.05) is 0 Å². The standard InChI is InChI=1S/C12H22O/c1-10(9-13)8-11(2)12-6-4-3-5-7-12/h8,11-13H,3-7,9H2,1-2H3/b10-8-. The average molecular weight is 182 g/mol. The smallest absolute Gasteiger partial charge is 0.0639 e. The molecular formula is C12H22O. The van der Waals surface area contributed by atoms with Crippen molar-refractivity contribution in [3.63, 3.8) is 0 Å². The van der Waals surface area contributed by atoms with E-state index < -0.39 is 0 Å². The van der Waals surface area contributed by atoms with E-state index in [9.17, 15) is 0 Å². The highest BCUT2D eigenvalue weighted by molar-refractivity contribution is 5.01. The Labute approximate surface area is 81.9 Å². The van der Waals surface area contributed by atoms with E-state index in [0.717, 1.165) is 11.5 Å². The van der Waals surface area contributed by atoms with Crippen molar-refractivity contribution < 1.29 is 5.11 Å². The van der Waals surface area contributed by atoms with Crippen LogP contribution in [0, 0.1) is 11.8 Å². The fourth-order valence-electron chi connectivity index (χ4n) is 2.30. The summed E-state index contributed by atoms with van der Waals surface area (Å²) in [6.45, 7) is 4.52. The fraction of sp³-hybridized carbons (Fsp3) is 0.833. The molecule has 76 valence electrons. The van der Waals surface area contributed by atoms with Gasteiger partial charge in [0.25, 0.3) is 0 Å². The van der Waals surface area contributed by atoms with E-state index in [-0.39, 0.29) is 6.61 Å². The Morgan fingerprint density at radius 2 is 2.00 bits per heavy atom. The first-order valence-electron chi connectivity index (χ1n) is 5.52. The summed E-state index contributed by atoms with van der Waals surface area (Å²) in [6, 6.07) is 0. The normalized spacial score (nSPS) is 23.2. The lowest BCUT2D eigenvalue weighted by Crippen LogP contribution is -2.14. The molecule has 1 aliphatic rings. The maximum absolute atomic E-state index is 8.91. The Hall–Kier alpha value is -0.300. The van der Waals surface area contributed by atoms with Crippen LogP contribution in [-0.2, 0) is 0 Å². The van der Waals surface area contributed by atoms with Crippen molar-refractivity contribution in [1.82, 2.24) is 0 Å². The van der Waals surface area contributed by atoms with Crippen molar-refractivity contribution in [3.05, 3.63) is 11.6 Å². The molecule has 1 fully saturated rings. The van der Waals surface area contributed by atoms with Gasteiger partial charge in [-0.1, -0.05) is 37.8 Å². The van der Waals surface area contributed by atoms with Gasteiger partial charge < -0.3 is 5.11 Å². The molecule has 1 atom stereocenters. The maximum atomic E-state index is 8.91. The molecule has 0 radical (unpaired) electrons. The molecule has 0 aliphatic heterocycles. The minimum atomic E-state index is 0.219. The van der Waals surface area contributed by atoms with Crippen molar-refractivity contribution in [2.45, 2.75) is 46.0 Å². The lowest BCUT2D eigenvalue weighted by Gasteiger charge is -2.26. The predicted octanol–water partition coefficient (Wildman–Crippen LogP) is 3.14. The molecule has 0 aromatic heterocycles. The topological polar surface area (TPSA) is 20.2 Å². The van der Waals surface area contributed by atoms with Gasteiger partial charge in [0.15, 0.2) is 0 Å². The van der Waals surface area contributed by atoms with Crippen molar-refractivity contribution in [3.8, 4) is 0 Å². The zero-order valence-electron chi connectivity index (χ0n) is 8.92. The molecule has 0 amide bonds. The fourth-order valence-corrected chi connectivity index (χ4v) is 2.30. The molecule has 13 heavy (non-hydrogen) atoms. The SMILES string of the molecule is C/C(=C/C(C)C1CCCCC1)CO. The third-order valence-corrected chi connectivity index (χ3v) is 3.19. The second kappa shape index (κ2) is 5.43. The second-order valence-electron chi connectivity index (χ2n) is 4.43. The van der Waals surface area contributed by atoms with Crippen LogP contribution in [0.4, 0.5) is 0 Å². The van der Waals surface area contributed by atoms with Crippen LogP contribution in [0.2, 0.25) is 0 Å². The average Bonchev–Trinajstić information content (AvgIpc) is 2.19. The van der Waals surface area contributed by atoms with Gasteiger partial charge in [-0.3, -0.25) is 0 Å². The van der Waals surface area contributed by atoms with Gasteiger partial charge in [-0.2, -0.15) is 0 Å². The van der Waals surface area contributed by atoms with E-state index in [4.69, 9.17) is 5.11 Å². The van der Waals surface area contributed by atoms with Crippen LogP contribution in [0.3, 0.4) is 0 Å². The summed E-state index contributed by atoms with van der Waals surface area (Å²) in [6.07, 6.45) is 9.25. The summed E-state index contributed by atoms with van der Waals surface area (Å²) in [5.41, 5.74) is 1.12. The highest BCUT2D eigenvalue weighted by Crippen LogP contribution is 2.30. The Morgan fingerprint density at radius 3 is 2.54 bits per heavy atom. The third kappa shape index (κ3) is 3.51. The van der Waals surface area contributed by atoms with Crippen molar-refractivity contribution >= 4 is 0 Å². The Balaban J connectivity index is 2.41. The Bertz CT molecular complexity index is 166. The van der Waals surface area contributed by atoms with Gasteiger partial charge >= 0.3 is 0 Å². The molecule has 1 unspecified atom stereocenters. The lowest BCUT2D eigenvalue weighted by molar-refractivity contribution is 0.294. The largest absolute Gasteiger partial charge is 0.392 e. The van der Waals surface area contributed by atoms with Crippen LogP contribution < -0.4 is 0 Å². The number of allylic oxidation sites excluding steroid dienone is 1. The first-order chi connectivity index (χ1) is 6.24. The molecular weight excluding hydrogens is 160 g/mol. The highest BCUT2D eigenvalue weighted by atomic mass is 16.3. The maximum Gasteiger partial charge on any atom is 0.0639 e. The minimum absolute atomic E-state index is 0.219. The molecule has 1 rings (SSSR count). The summed E-state index contributed by atoms with van der Waals surface area (Å²) >= 11 is 0. The van der Waals surface area contributed by atoms with Gasteiger partial charge in [0.1, 0.15) is 0 Å². The Morgan fingerprint density at radius 1 is 1.38 bits per heavy atom. The van der Waals surface area contributed by atoms with Gasteiger partial charge in [0.05, 0.1) is 6.61 Å². The summed E-state index contributed by atoms with van der Waals surface area (Å²) in [5, 5.41) is 8.91. The van der Waals surface area contributed by atoms with Crippen LogP contribution in [-0.4, -0.2) is 11.7 Å². The van der Waals surface area contributed by atoms with Gasteiger partial charge in [-0.15, -0.1) is 0 Å². The van der Waals surface area contributed by atoms with Crippen LogP contribution in [0.15, 0.2) is 11.6 Å². The van der Waals surface area contributed by atoms with Crippen molar-refractivity contribution in [2.24, 2.45) is 11.8 Å². The predicted molar refractivity (Wildman–Crippen MR) is 56.6 cm³/mol. The van der Waals surface area contributed by atoms with Crippen LogP contribution in [0.25, 0.3) is 0 Å². The third-order valence-electron chi connectivity index (χ3n) is 3.19. The number of hydrogen-bond acceptors (Lipinski definition) is 1. The van der Waals surface area contributed by atoms with Crippen LogP contribution >= 0.6 is 0 Å². The minimum Gasteiger partial charge on any atom is -0.392 e. The lowest BCUT2D eigenvalue weighted by atomic mass is 9.80. The molecule has 0 heterocycles. The van der Waals surface area contributed by atoms with Gasteiger partial charge in [0.2, 0.25) is 0 Å². The molecule has 1 nitrogen and oxygen atoms in total. The molecule has 0 aromatic carbocycles. The molecule has 1 aliphatic carbocycles. The van der Waals surface area contributed by atoms with E-state index in [1.54, 1.807) is 0 Å². The number of aliphatic hydroxyl groups is 1. The zero-order chi connectivity index (χ0) is 9.68. The summed E-state index contributed by atoms with van der Waals surface area (Å²) < 4.78 is 0. The van der Waals surface area contributed by atoms with Crippen molar-refractivity contribution in [2.75, 3.05) is 6.61 Å². The summed E-state index contributed by atoms with van der Waals surface area (Å²) in [7, 11) is 0. The Kier molecular flexibility index (Phi) is 4.51. The number of aliphatic hydroxyl groups excluding tert-OH is 1. The molecule has 0 spiro atoms. The number of hydrogen-bond donors (Lipinski definition) is 1. The highest BCUT2D eigenvalue weighted by Gasteiger charge is 2.18. The van der Waals surface area contributed by atoms with E-state index in [2.05, 4.69) is 13.0 Å². The molecule has 0 aromatic rings. The monoisotopic (exact) mass is 182 g/mol. The van der Waals surface area contributed by atoms with Crippen LogP contribution in [0.5, 0.6) is 0 Å². The molecule has 1 heteroatoms. The first-order valence-corrected chi connectivity index (χ1v) is 5.52. The van der Waals surface area contributed by atoms with E-state index in [1.165, 1.54) is 32.1 Å². The van der Waals surface area contributed by atoms with Crippen molar-refractivity contribution in [1.29, 1.82) is 0 Å². The van der Waals surface area contributed by atoms with Crippen LogP contribution in [0.1, 0.15) is 46.0 Å². The van der Waals surface area contributed by atoms with E-state index >= 15 is 0 Å².